The van der Waals surface area contributed by atoms with Crippen LogP contribution in [0.4, 0.5) is 0 Å². The van der Waals surface area contributed by atoms with Gasteiger partial charge in [0.15, 0.2) is 0 Å². The largest absolute Gasteiger partial charge is 0.461 e. The van der Waals surface area contributed by atoms with E-state index in [1.54, 1.807) is 0 Å². The van der Waals surface area contributed by atoms with Crippen molar-refractivity contribution < 1.29 is 8.83 Å². The van der Waals surface area contributed by atoms with E-state index in [9.17, 15) is 4.79 Å². The molecule has 16 heavy (non-hydrogen) atoms. The smallest absolute Gasteiger partial charge is 0.336 e. The molecule has 2 aromatic heterocycles. The molecule has 3 nitrogen and oxygen atoms in total. The molecule has 0 N–H and O–H groups in total. The standard InChI is InChI=1S/C13H10O3/c1-7-3-13(14)16-12-5-9-4-8(2)15-11(9)6-10(7)12/h3-6H,1-2H3. The summed E-state index contributed by atoms with van der Waals surface area (Å²) >= 11 is 0. The van der Waals surface area contributed by atoms with Crippen LogP contribution in [-0.4, -0.2) is 0 Å². The van der Waals surface area contributed by atoms with E-state index in [0.717, 1.165) is 27.7 Å². The third-order valence-corrected chi connectivity index (χ3v) is 2.71. The molecule has 1 aromatic carbocycles. The normalized spacial score (nSPS) is 11.4. The molecule has 0 fully saturated rings. The van der Waals surface area contributed by atoms with E-state index < -0.39 is 0 Å². The topological polar surface area (TPSA) is 43.4 Å². The first-order valence-electron chi connectivity index (χ1n) is 5.08. The fraction of sp³-hybridized carbons (Fsp3) is 0.154. The summed E-state index contributed by atoms with van der Waals surface area (Å²) in [5.74, 6) is 0.852. The number of fused-ring (bicyclic) bond motifs is 2. The summed E-state index contributed by atoms with van der Waals surface area (Å²) < 4.78 is 10.7. The Labute approximate surface area is 91.3 Å². The molecule has 0 bridgehead atoms. The van der Waals surface area contributed by atoms with Crippen LogP contribution in [-0.2, 0) is 0 Å². The van der Waals surface area contributed by atoms with Gasteiger partial charge in [0.05, 0.1) is 0 Å². The molecule has 0 aliphatic carbocycles. The highest BCUT2D eigenvalue weighted by atomic mass is 16.4. The van der Waals surface area contributed by atoms with Crippen molar-refractivity contribution in [2.45, 2.75) is 13.8 Å². The van der Waals surface area contributed by atoms with Gasteiger partial charge in [-0.3, -0.25) is 0 Å². The molecule has 0 radical (unpaired) electrons. The third kappa shape index (κ3) is 1.25. The lowest BCUT2D eigenvalue weighted by atomic mass is 10.1. The maximum atomic E-state index is 11.3. The monoisotopic (exact) mass is 214 g/mol. The molecule has 0 atom stereocenters. The van der Waals surface area contributed by atoms with Gasteiger partial charge in [0.2, 0.25) is 0 Å². The van der Waals surface area contributed by atoms with Crippen molar-refractivity contribution in [1.82, 2.24) is 0 Å². The molecule has 2 heterocycles. The molecule has 0 aliphatic heterocycles. The van der Waals surface area contributed by atoms with Gasteiger partial charge >= 0.3 is 5.63 Å². The van der Waals surface area contributed by atoms with Crippen LogP contribution >= 0.6 is 0 Å². The highest BCUT2D eigenvalue weighted by Gasteiger charge is 2.07. The summed E-state index contributed by atoms with van der Waals surface area (Å²) in [6.07, 6.45) is 0. The minimum Gasteiger partial charge on any atom is -0.461 e. The van der Waals surface area contributed by atoms with Crippen LogP contribution in [0.5, 0.6) is 0 Å². The Balaban J connectivity index is 2.55. The molecule has 0 aliphatic rings. The molecule has 3 aromatic rings. The van der Waals surface area contributed by atoms with Crippen molar-refractivity contribution in [2.24, 2.45) is 0 Å². The third-order valence-electron chi connectivity index (χ3n) is 2.71. The molecular formula is C13H10O3. The van der Waals surface area contributed by atoms with E-state index in [2.05, 4.69) is 0 Å². The molecule has 80 valence electrons. The van der Waals surface area contributed by atoms with Gasteiger partial charge in [-0.2, -0.15) is 0 Å². The van der Waals surface area contributed by atoms with Gasteiger partial charge in [-0.05, 0) is 37.6 Å². The molecular weight excluding hydrogens is 204 g/mol. The van der Waals surface area contributed by atoms with Gasteiger partial charge in [-0.1, -0.05) is 0 Å². The summed E-state index contributed by atoms with van der Waals surface area (Å²) in [7, 11) is 0. The lowest BCUT2D eigenvalue weighted by Crippen LogP contribution is -1.97. The van der Waals surface area contributed by atoms with Gasteiger partial charge in [-0.15, -0.1) is 0 Å². The highest BCUT2D eigenvalue weighted by molar-refractivity contribution is 5.94. The van der Waals surface area contributed by atoms with Crippen LogP contribution < -0.4 is 5.63 Å². The maximum absolute atomic E-state index is 11.3. The van der Waals surface area contributed by atoms with Crippen molar-refractivity contribution in [2.75, 3.05) is 0 Å². The predicted molar refractivity (Wildman–Crippen MR) is 61.7 cm³/mol. The van der Waals surface area contributed by atoms with Gasteiger partial charge in [-0.25, -0.2) is 4.79 Å². The van der Waals surface area contributed by atoms with Gasteiger partial charge in [0.1, 0.15) is 16.9 Å². The first kappa shape index (κ1) is 9.21. The summed E-state index contributed by atoms with van der Waals surface area (Å²) in [5, 5.41) is 1.88. The van der Waals surface area contributed by atoms with Crippen LogP contribution in [0, 0.1) is 13.8 Å². The fourth-order valence-electron chi connectivity index (χ4n) is 1.98. The van der Waals surface area contributed by atoms with Crippen molar-refractivity contribution in [3.8, 4) is 0 Å². The highest BCUT2D eigenvalue weighted by Crippen LogP contribution is 2.26. The predicted octanol–water partition coefficient (Wildman–Crippen LogP) is 3.16. The Morgan fingerprint density at radius 3 is 2.56 bits per heavy atom. The van der Waals surface area contributed by atoms with Gasteiger partial charge in [0, 0.05) is 16.8 Å². The minimum absolute atomic E-state index is 0.315. The van der Waals surface area contributed by atoms with E-state index in [4.69, 9.17) is 8.83 Å². The number of hydrogen-bond donors (Lipinski definition) is 0. The van der Waals surface area contributed by atoms with Crippen LogP contribution in [0.1, 0.15) is 11.3 Å². The second kappa shape index (κ2) is 2.98. The zero-order valence-electron chi connectivity index (χ0n) is 9.03. The lowest BCUT2D eigenvalue weighted by molar-refractivity contribution is 0.559. The van der Waals surface area contributed by atoms with Crippen LogP contribution in [0.2, 0.25) is 0 Å². The summed E-state index contributed by atoms with van der Waals surface area (Å²) in [4.78, 5) is 11.3. The SMILES string of the molecule is Cc1cc2cc3oc(=O)cc(C)c3cc2o1. The Morgan fingerprint density at radius 1 is 0.938 bits per heavy atom. The molecule has 0 amide bonds. The van der Waals surface area contributed by atoms with E-state index in [1.165, 1.54) is 6.07 Å². The van der Waals surface area contributed by atoms with Gasteiger partial charge in [0.25, 0.3) is 0 Å². The fourth-order valence-corrected chi connectivity index (χ4v) is 1.98. The maximum Gasteiger partial charge on any atom is 0.336 e. The van der Waals surface area contributed by atoms with Crippen molar-refractivity contribution in [3.05, 3.63) is 46.0 Å². The van der Waals surface area contributed by atoms with Crippen LogP contribution in [0.15, 0.2) is 37.9 Å². The number of furan rings is 1. The first-order chi connectivity index (χ1) is 7.63. The molecule has 3 rings (SSSR count). The van der Waals surface area contributed by atoms with Crippen molar-refractivity contribution >= 4 is 21.9 Å². The number of benzene rings is 1. The number of hydrogen-bond acceptors (Lipinski definition) is 3. The Kier molecular flexibility index (Phi) is 1.72. The van der Waals surface area contributed by atoms with Crippen molar-refractivity contribution in [1.29, 1.82) is 0 Å². The number of aryl methyl sites for hydroxylation is 2. The Hall–Kier alpha value is -2.03. The first-order valence-corrected chi connectivity index (χ1v) is 5.08. The Bertz CT molecular complexity index is 747. The minimum atomic E-state index is -0.315. The average molecular weight is 214 g/mol. The molecule has 3 heteroatoms. The van der Waals surface area contributed by atoms with Crippen LogP contribution in [0.25, 0.3) is 21.9 Å². The molecule has 0 saturated carbocycles. The number of rotatable bonds is 0. The lowest BCUT2D eigenvalue weighted by Gasteiger charge is -1.99. The molecule has 0 spiro atoms. The van der Waals surface area contributed by atoms with Crippen molar-refractivity contribution in [3.63, 3.8) is 0 Å². The van der Waals surface area contributed by atoms with E-state index in [-0.39, 0.29) is 5.63 Å². The van der Waals surface area contributed by atoms with Crippen LogP contribution in [0.3, 0.4) is 0 Å². The van der Waals surface area contributed by atoms with E-state index in [1.807, 2.05) is 32.0 Å². The summed E-state index contributed by atoms with van der Waals surface area (Å²) in [6, 6.07) is 7.17. The summed E-state index contributed by atoms with van der Waals surface area (Å²) in [5.41, 5.74) is 2.02. The second-order valence-electron chi connectivity index (χ2n) is 3.99. The van der Waals surface area contributed by atoms with E-state index >= 15 is 0 Å². The van der Waals surface area contributed by atoms with E-state index in [0.29, 0.717) is 5.58 Å². The summed E-state index contributed by atoms with van der Waals surface area (Å²) in [6.45, 7) is 3.79. The van der Waals surface area contributed by atoms with Gasteiger partial charge < -0.3 is 8.83 Å². The second-order valence-corrected chi connectivity index (χ2v) is 3.99. The molecule has 0 unspecified atom stereocenters. The Morgan fingerprint density at radius 2 is 1.75 bits per heavy atom. The molecule has 0 saturated heterocycles. The zero-order valence-corrected chi connectivity index (χ0v) is 9.03. The zero-order chi connectivity index (χ0) is 11.3. The average Bonchev–Trinajstić information content (AvgIpc) is 2.54. The quantitative estimate of drug-likeness (QED) is 0.540.